The number of aryl methyl sites for hydroxylation is 2. The van der Waals surface area contributed by atoms with Crippen LogP contribution in [0.5, 0.6) is 5.75 Å². The van der Waals surface area contributed by atoms with E-state index in [1.165, 1.54) is 16.7 Å². The zero-order chi connectivity index (χ0) is 17.5. The lowest BCUT2D eigenvalue weighted by molar-refractivity contribution is 0.414. The summed E-state index contributed by atoms with van der Waals surface area (Å²) in [5, 5.41) is 7.95. The fourth-order valence-corrected chi connectivity index (χ4v) is 2.37. The van der Waals surface area contributed by atoms with Crippen molar-refractivity contribution >= 4 is 28.7 Å². The molecule has 0 aliphatic heterocycles. The molecule has 2 rings (SSSR count). The Balaban J connectivity index is 1.88. The molecule has 0 saturated heterocycles. The molecule has 0 heterocycles. The van der Waals surface area contributed by atoms with Gasteiger partial charge in [0.25, 0.3) is 0 Å². The SMILES string of the molecule is COc1ccc(C/C(C)=N\NC(=S)Nc2ccc(C)c(C)c2)cc1. The van der Waals surface area contributed by atoms with Crippen molar-refractivity contribution in [2.24, 2.45) is 5.10 Å². The summed E-state index contributed by atoms with van der Waals surface area (Å²) in [5.41, 5.74) is 8.45. The highest BCUT2D eigenvalue weighted by molar-refractivity contribution is 7.80. The Hall–Kier alpha value is -2.40. The van der Waals surface area contributed by atoms with Crippen molar-refractivity contribution in [3.8, 4) is 5.75 Å². The topological polar surface area (TPSA) is 45.6 Å². The van der Waals surface area contributed by atoms with Crippen LogP contribution < -0.4 is 15.5 Å². The van der Waals surface area contributed by atoms with Crippen LogP contribution in [0.15, 0.2) is 47.6 Å². The van der Waals surface area contributed by atoms with Crippen molar-refractivity contribution in [2.45, 2.75) is 27.2 Å². The van der Waals surface area contributed by atoms with Gasteiger partial charge in [-0.25, -0.2) is 0 Å². The molecule has 0 amide bonds. The maximum Gasteiger partial charge on any atom is 0.191 e. The van der Waals surface area contributed by atoms with Crippen LogP contribution in [-0.2, 0) is 6.42 Å². The van der Waals surface area contributed by atoms with Crippen molar-refractivity contribution < 1.29 is 4.74 Å². The number of ether oxygens (including phenoxy) is 1. The summed E-state index contributed by atoms with van der Waals surface area (Å²) in [4.78, 5) is 0. The third-order valence-corrected chi connectivity index (χ3v) is 3.93. The average Bonchev–Trinajstić information content (AvgIpc) is 2.57. The minimum absolute atomic E-state index is 0.479. The Morgan fingerprint density at radius 2 is 1.79 bits per heavy atom. The first-order valence-electron chi connectivity index (χ1n) is 7.78. The number of methoxy groups -OCH3 is 1. The third kappa shape index (κ3) is 5.35. The zero-order valence-corrected chi connectivity index (χ0v) is 15.3. The molecule has 0 aromatic heterocycles. The van der Waals surface area contributed by atoms with E-state index in [-0.39, 0.29) is 0 Å². The number of hydrogen-bond donors (Lipinski definition) is 2. The summed E-state index contributed by atoms with van der Waals surface area (Å²) in [6, 6.07) is 14.1. The molecule has 126 valence electrons. The number of hydrazone groups is 1. The van der Waals surface area contributed by atoms with Gasteiger partial charge in [-0.15, -0.1) is 0 Å². The van der Waals surface area contributed by atoms with Gasteiger partial charge in [-0.1, -0.05) is 18.2 Å². The molecule has 5 heteroatoms. The third-order valence-electron chi connectivity index (χ3n) is 3.73. The summed E-state index contributed by atoms with van der Waals surface area (Å²) >= 11 is 5.28. The molecule has 24 heavy (non-hydrogen) atoms. The summed E-state index contributed by atoms with van der Waals surface area (Å²) in [5.74, 6) is 0.852. The lowest BCUT2D eigenvalue weighted by Gasteiger charge is -2.10. The molecule has 4 nitrogen and oxygen atoms in total. The Labute approximate surface area is 148 Å². The number of anilines is 1. The van der Waals surface area contributed by atoms with E-state index < -0.39 is 0 Å². The molecule has 0 atom stereocenters. The van der Waals surface area contributed by atoms with Gasteiger partial charge in [-0.2, -0.15) is 5.10 Å². The van der Waals surface area contributed by atoms with E-state index in [1.54, 1.807) is 7.11 Å². The fourth-order valence-electron chi connectivity index (χ4n) is 2.20. The van der Waals surface area contributed by atoms with Gasteiger partial charge in [0.2, 0.25) is 0 Å². The van der Waals surface area contributed by atoms with E-state index in [4.69, 9.17) is 17.0 Å². The number of thiocarbonyl (C=S) groups is 1. The second-order valence-corrected chi connectivity index (χ2v) is 6.15. The summed E-state index contributed by atoms with van der Waals surface area (Å²) in [6.45, 7) is 6.13. The first kappa shape index (κ1) is 17.9. The molecule has 0 bridgehead atoms. The molecular weight excluding hydrogens is 318 g/mol. The quantitative estimate of drug-likeness (QED) is 0.486. The van der Waals surface area contributed by atoms with Gasteiger partial charge in [0.05, 0.1) is 7.11 Å². The monoisotopic (exact) mass is 341 g/mol. The van der Waals surface area contributed by atoms with Gasteiger partial charge >= 0.3 is 0 Å². The summed E-state index contributed by atoms with van der Waals surface area (Å²) < 4.78 is 5.16. The van der Waals surface area contributed by atoms with E-state index in [0.29, 0.717) is 5.11 Å². The minimum atomic E-state index is 0.479. The van der Waals surface area contributed by atoms with Crippen LogP contribution in [0, 0.1) is 13.8 Å². The molecule has 0 fully saturated rings. The van der Waals surface area contributed by atoms with Crippen LogP contribution in [0.25, 0.3) is 0 Å². The standard InChI is InChI=1S/C19H23N3OS/c1-13-5-8-17(11-14(13)2)20-19(24)22-21-15(3)12-16-6-9-18(23-4)10-7-16/h5-11H,12H2,1-4H3,(H2,20,22,24)/b21-15-. The highest BCUT2D eigenvalue weighted by Crippen LogP contribution is 2.14. The normalized spacial score (nSPS) is 11.1. The van der Waals surface area contributed by atoms with Gasteiger partial charge < -0.3 is 10.1 Å². The van der Waals surface area contributed by atoms with Crippen LogP contribution in [-0.4, -0.2) is 17.9 Å². The maximum absolute atomic E-state index is 5.28. The number of hydrogen-bond acceptors (Lipinski definition) is 3. The second-order valence-electron chi connectivity index (χ2n) is 5.74. The van der Waals surface area contributed by atoms with Gasteiger partial charge in [0.1, 0.15) is 5.75 Å². The van der Waals surface area contributed by atoms with E-state index in [9.17, 15) is 0 Å². The largest absolute Gasteiger partial charge is 0.497 e. The lowest BCUT2D eigenvalue weighted by Crippen LogP contribution is -2.25. The Morgan fingerprint density at radius 3 is 2.42 bits per heavy atom. The van der Waals surface area contributed by atoms with Crippen molar-refractivity contribution in [1.82, 2.24) is 5.43 Å². The highest BCUT2D eigenvalue weighted by atomic mass is 32.1. The van der Waals surface area contributed by atoms with E-state index in [1.807, 2.05) is 37.3 Å². The molecule has 0 radical (unpaired) electrons. The maximum atomic E-state index is 5.28. The van der Waals surface area contributed by atoms with Crippen LogP contribution in [0.3, 0.4) is 0 Å². The molecule has 0 aliphatic rings. The summed E-state index contributed by atoms with van der Waals surface area (Å²) in [7, 11) is 1.66. The van der Waals surface area contributed by atoms with E-state index >= 15 is 0 Å². The molecule has 0 unspecified atom stereocenters. The molecule has 2 aromatic rings. The Morgan fingerprint density at radius 1 is 1.08 bits per heavy atom. The Kier molecular flexibility index (Phi) is 6.32. The lowest BCUT2D eigenvalue weighted by atomic mass is 10.1. The van der Waals surface area contributed by atoms with Crippen molar-refractivity contribution in [1.29, 1.82) is 0 Å². The van der Waals surface area contributed by atoms with Crippen LogP contribution in [0.4, 0.5) is 5.69 Å². The van der Waals surface area contributed by atoms with Crippen LogP contribution >= 0.6 is 12.2 Å². The minimum Gasteiger partial charge on any atom is -0.497 e. The number of nitrogens with one attached hydrogen (secondary N) is 2. The molecular formula is C19H23N3OS. The van der Waals surface area contributed by atoms with Crippen molar-refractivity contribution in [3.63, 3.8) is 0 Å². The van der Waals surface area contributed by atoms with Gasteiger partial charge in [-0.05, 0) is 73.9 Å². The van der Waals surface area contributed by atoms with Gasteiger partial charge in [0, 0.05) is 17.8 Å². The van der Waals surface area contributed by atoms with Crippen LogP contribution in [0.1, 0.15) is 23.6 Å². The van der Waals surface area contributed by atoms with Crippen LogP contribution in [0.2, 0.25) is 0 Å². The average molecular weight is 341 g/mol. The number of nitrogens with zero attached hydrogens (tertiary/aromatic N) is 1. The zero-order valence-electron chi connectivity index (χ0n) is 14.5. The predicted molar refractivity (Wildman–Crippen MR) is 105 cm³/mol. The smallest absolute Gasteiger partial charge is 0.191 e. The predicted octanol–water partition coefficient (Wildman–Crippen LogP) is 4.22. The van der Waals surface area contributed by atoms with Crippen molar-refractivity contribution in [2.75, 3.05) is 12.4 Å². The molecule has 2 N–H and O–H groups in total. The van der Waals surface area contributed by atoms with Gasteiger partial charge in [0.15, 0.2) is 5.11 Å². The van der Waals surface area contributed by atoms with E-state index in [2.05, 4.69) is 41.8 Å². The Bertz CT molecular complexity index is 739. The fraction of sp³-hybridized carbons (Fsp3) is 0.263. The molecule has 0 aliphatic carbocycles. The summed E-state index contributed by atoms with van der Waals surface area (Å²) in [6.07, 6.45) is 0.753. The second kappa shape index (κ2) is 8.45. The van der Waals surface area contributed by atoms with E-state index in [0.717, 1.165) is 23.6 Å². The molecule has 0 saturated carbocycles. The molecule has 2 aromatic carbocycles. The highest BCUT2D eigenvalue weighted by Gasteiger charge is 2.01. The number of benzene rings is 2. The number of rotatable bonds is 5. The van der Waals surface area contributed by atoms with Crippen molar-refractivity contribution in [3.05, 3.63) is 59.2 Å². The first-order valence-corrected chi connectivity index (χ1v) is 8.19. The molecule has 0 spiro atoms. The first-order chi connectivity index (χ1) is 11.5. The van der Waals surface area contributed by atoms with Gasteiger partial charge in [-0.3, -0.25) is 5.43 Å².